The van der Waals surface area contributed by atoms with Crippen molar-refractivity contribution < 1.29 is 4.42 Å². The fourth-order valence-corrected chi connectivity index (χ4v) is 3.69. The van der Waals surface area contributed by atoms with E-state index in [-0.39, 0.29) is 5.92 Å². The van der Waals surface area contributed by atoms with E-state index < -0.39 is 0 Å². The number of hydrogen-bond acceptors (Lipinski definition) is 5. The summed E-state index contributed by atoms with van der Waals surface area (Å²) in [4.78, 5) is 6.66. The molecule has 6 heteroatoms. The van der Waals surface area contributed by atoms with Gasteiger partial charge in [-0.3, -0.25) is 0 Å². The summed E-state index contributed by atoms with van der Waals surface area (Å²) in [6.07, 6.45) is 3.27. The van der Waals surface area contributed by atoms with Gasteiger partial charge in [-0.05, 0) is 35.9 Å². The lowest BCUT2D eigenvalue weighted by molar-refractivity contribution is 0.331. The lowest BCUT2D eigenvalue weighted by Crippen LogP contribution is -2.53. The van der Waals surface area contributed by atoms with Crippen LogP contribution in [0.1, 0.15) is 44.1 Å². The minimum absolute atomic E-state index is 0.271. The lowest BCUT2D eigenvalue weighted by Gasteiger charge is -2.46. The van der Waals surface area contributed by atoms with Gasteiger partial charge in [0.25, 0.3) is 0 Å². The molecule has 1 aliphatic heterocycles. The molecule has 1 fully saturated rings. The molecule has 0 radical (unpaired) electrons. The third kappa shape index (κ3) is 2.35. The molecular weight excluding hydrogens is 324 g/mol. The van der Waals surface area contributed by atoms with Crippen molar-refractivity contribution in [1.29, 1.82) is 0 Å². The number of benzene rings is 1. The van der Waals surface area contributed by atoms with Crippen LogP contribution in [-0.4, -0.2) is 27.8 Å². The van der Waals surface area contributed by atoms with Gasteiger partial charge in [-0.15, -0.1) is 10.2 Å². The van der Waals surface area contributed by atoms with Gasteiger partial charge in [-0.1, -0.05) is 31.5 Å². The van der Waals surface area contributed by atoms with Crippen molar-refractivity contribution in [2.75, 3.05) is 11.4 Å². The number of hydrogen-bond donors (Lipinski definition) is 0. The van der Waals surface area contributed by atoms with Crippen molar-refractivity contribution >= 4 is 28.1 Å². The maximum atomic E-state index is 6.14. The van der Waals surface area contributed by atoms with Crippen LogP contribution in [0, 0.1) is 0 Å². The highest BCUT2D eigenvalue weighted by Gasteiger charge is 2.40. The predicted octanol–water partition coefficient (Wildman–Crippen LogP) is 4.39. The fraction of sp³-hybridized carbons (Fsp3) is 0.389. The van der Waals surface area contributed by atoms with E-state index in [1.165, 1.54) is 23.0 Å². The van der Waals surface area contributed by atoms with Crippen LogP contribution in [0.5, 0.6) is 0 Å². The highest BCUT2D eigenvalue weighted by molar-refractivity contribution is 6.30. The van der Waals surface area contributed by atoms with Gasteiger partial charge in [0, 0.05) is 29.9 Å². The van der Waals surface area contributed by atoms with Crippen molar-refractivity contribution in [2.24, 2.45) is 0 Å². The summed E-state index contributed by atoms with van der Waals surface area (Å²) in [5.41, 5.74) is 2.47. The molecule has 3 aromatic rings. The lowest BCUT2D eigenvalue weighted by atomic mass is 9.87. The zero-order valence-electron chi connectivity index (χ0n) is 13.9. The van der Waals surface area contributed by atoms with E-state index in [9.17, 15) is 0 Å². The monoisotopic (exact) mass is 342 g/mol. The molecule has 2 aromatic heterocycles. The molecule has 0 bridgehead atoms. The van der Waals surface area contributed by atoms with Crippen LogP contribution < -0.4 is 4.90 Å². The summed E-state index contributed by atoms with van der Waals surface area (Å²) >= 11 is 6.14. The topological polar surface area (TPSA) is 55.1 Å². The van der Waals surface area contributed by atoms with Gasteiger partial charge in [0.05, 0.1) is 5.92 Å². The van der Waals surface area contributed by atoms with E-state index in [0.717, 1.165) is 11.9 Å². The highest BCUT2D eigenvalue weighted by Crippen LogP contribution is 2.41. The van der Waals surface area contributed by atoms with Crippen molar-refractivity contribution in [3.8, 4) is 0 Å². The van der Waals surface area contributed by atoms with Gasteiger partial charge in [-0.2, -0.15) is 0 Å². The average Bonchev–Trinajstić information content (AvgIpc) is 3.06. The van der Waals surface area contributed by atoms with Crippen LogP contribution in [0.4, 0.5) is 5.69 Å². The molecule has 24 heavy (non-hydrogen) atoms. The second-order valence-electron chi connectivity index (χ2n) is 6.66. The van der Waals surface area contributed by atoms with E-state index in [1.807, 2.05) is 12.3 Å². The second kappa shape index (κ2) is 5.74. The Balaban J connectivity index is 1.75. The first-order valence-corrected chi connectivity index (χ1v) is 8.55. The Labute approximate surface area is 145 Å². The molecule has 2 atom stereocenters. The predicted molar refractivity (Wildman–Crippen MR) is 94.7 cm³/mol. The van der Waals surface area contributed by atoms with E-state index >= 15 is 0 Å². The second-order valence-corrected chi connectivity index (χ2v) is 7.04. The average molecular weight is 343 g/mol. The Bertz CT molecular complexity index is 878. The standard InChI is InChI=1S/C18H19ClN4O/c1-10(2)12-4-5-16(14-7-20-17(19)6-13(12)14)23-8-15(11(23)3)18-22-21-9-24-18/h4-7,9-11,15H,8H2,1-3H3/t11-,15+/m0/s1. The van der Waals surface area contributed by atoms with Crippen molar-refractivity contribution in [3.05, 3.63) is 47.4 Å². The molecule has 0 aliphatic carbocycles. The minimum atomic E-state index is 0.271. The number of rotatable bonds is 3. The third-order valence-corrected chi connectivity index (χ3v) is 5.18. The molecule has 0 unspecified atom stereocenters. The smallest absolute Gasteiger partial charge is 0.223 e. The molecule has 5 nitrogen and oxygen atoms in total. The van der Waals surface area contributed by atoms with Crippen molar-refractivity contribution in [2.45, 2.75) is 38.6 Å². The van der Waals surface area contributed by atoms with Gasteiger partial charge in [0.15, 0.2) is 0 Å². The zero-order valence-corrected chi connectivity index (χ0v) is 14.7. The summed E-state index contributed by atoms with van der Waals surface area (Å²) in [6.45, 7) is 7.44. The molecule has 4 rings (SSSR count). The van der Waals surface area contributed by atoms with E-state index in [2.05, 4.69) is 53.0 Å². The molecule has 1 aliphatic rings. The molecule has 1 saturated heterocycles. The van der Waals surface area contributed by atoms with Gasteiger partial charge in [0.2, 0.25) is 12.3 Å². The fourth-order valence-electron chi connectivity index (χ4n) is 3.53. The Kier molecular flexibility index (Phi) is 3.68. The number of anilines is 1. The van der Waals surface area contributed by atoms with E-state index in [0.29, 0.717) is 23.0 Å². The number of halogens is 1. The molecule has 1 aromatic carbocycles. The molecule has 0 amide bonds. The Hall–Kier alpha value is -2.14. The van der Waals surface area contributed by atoms with Crippen molar-refractivity contribution in [3.63, 3.8) is 0 Å². The van der Waals surface area contributed by atoms with Crippen LogP contribution in [0.15, 0.2) is 35.2 Å². The first-order chi connectivity index (χ1) is 11.6. The molecule has 0 N–H and O–H groups in total. The third-order valence-electron chi connectivity index (χ3n) is 4.97. The maximum Gasteiger partial charge on any atom is 0.223 e. The van der Waals surface area contributed by atoms with Crippen LogP contribution in [0.3, 0.4) is 0 Å². The molecule has 0 saturated carbocycles. The summed E-state index contributed by atoms with van der Waals surface area (Å²) in [6, 6.07) is 6.66. The largest absolute Gasteiger partial charge is 0.428 e. The maximum absolute atomic E-state index is 6.14. The first-order valence-electron chi connectivity index (χ1n) is 8.17. The summed E-state index contributed by atoms with van der Waals surface area (Å²) < 4.78 is 5.37. The molecule has 0 spiro atoms. The molecule has 3 heterocycles. The number of aromatic nitrogens is 3. The van der Waals surface area contributed by atoms with E-state index in [4.69, 9.17) is 16.0 Å². The first kappa shape index (κ1) is 15.4. The summed E-state index contributed by atoms with van der Waals surface area (Å²) in [5.74, 6) is 1.41. The molecule has 124 valence electrons. The Morgan fingerprint density at radius 3 is 2.79 bits per heavy atom. The Morgan fingerprint density at radius 2 is 2.12 bits per heavy atom. The number of pyridine rings is 1. The number of nitrogens with zero attached hydrogens (tertiary/aromatic N) is 4. The minimum Gasteiger partial charge on any atom is -0.428 e. The highest BCUT2D eigenvalue weighted by atomic mass is 35.5. The van der Waals surface area contributed by atoms with Gasteiger partial charge >= 0.3 is 0 Å². The zero-order chi connectivity index (χ0) is 16.8. The summed E-state index contributed by atoms with van der Waals surface area (Å²) in [7, 11) is 0. The van der Waals surface area contributed by atoms with Gasteiger partial charge < -0.3 is 9.32 Å². The van der Waals surface area contributed by atoms with Gasteiger partial charge in [0.1, 0.15) is 5.15 Å². The normalized spacial score (nSPS) is 20.6. The van der Waals surface area contributed by atoms with E-state index in [1.54, 1.807) is 0 Å². The van der Waals surface area contributed by atoms with Crippen LogP contribution in [0.25, 0.3) is 10.8 Å². The van der Waals surface area contributed by atoms with Crippen LogP contribution >= 0.6 is 11.6 Å². The molecular formula is C18H19ClN4O. The number of fused-ring (bicyclic) bond motifs is 1. The van der Waals surface area contributed by atoms with Crippen molar-refractivity contribution in [1.82, 2.24) is 15.2 Å². The van der Waals surface area contributed by atoms with Gasteiger partial charge in [-0.25, -0.2) is 4.98 Å². The van der Waals surface area contributed by atoms with Crippen LogP contribution in [0.2, 0.25) is 5.15 Å². The van der Waals surface area contributed by atoms with Crippen LogP contribution in [-0.2, 0) is 0 Å². The SMILES string of the molecule is CC(C)c1ccc(N2C[C@@H](c3nnco3)[C@@H]2C)c2cnc(Cl)cc12. The Morgan fingerprint density at radius 1 is 1.29 bits per heavy atom. The summed E-state index contributed by atoms with van der Waals surface area (Å²) in [5, 5.41) is 10.7. The quantitative estimate of drug-likeness (QED) is 0.661.